The summed E-state index contributed by atoms with van der Waals surface area (Å²) in [5.74, 6) is 1.32. The molecular weight excluding hydrogens is 439 g/mol. The molecule has 130 valence electrons. The lowest BCUT2D eigenvalue weighted by Gasteiger charge is -2.13. The zero-order valence-corrected chi connectivity index (χ0v) is 17.0. The van der Waals surface area contributed by atoms with E-state index in [9.17, 15) is 4.79 Å². The van der Waals surface area contributed by atoms with Crippen molar-refractivity contribution in [2.45, 2.75) is 27.2 Å². The van der Waals surface area contributed by atoms with Crippen LogP contribution in [0.4, 0.5) is 0 Å². The fraction of sp³-hybridized carbons (Fsp3) is 0.412. The van der Waals surface area contributed by atoms with Gasteiger partial charge in [0.15, 0.2) is 16.6 Å². The molecule has 0 bridgehead atoms. The maximum atomic E-state index is 12.4. The molecule has 0 spiro atoms. The largest absolute Gasteiger partial charge is 0.490 e. The predicted octanol–water partition coefficient (Wildman–Crippen LogP) is 3.56. The van der Waals surface area contributed by atoms with Crippen LogP contribution in [0.25, 0.3) is 6.08 Å². The fourth-order valence-corrected chi connectivity index (χ4v) is 3.45. The van der Waals surface area contributed by atoms with Gasteiger partial charge in [0.2, 0.25) is 0 Å². The van der Waals surface area contributed by atoms with Crippen molar-refractivity contribution in [1.29, 1.82) is 0 Å². The van der Waals surface area contributed by atoms with E-state index in [1.807, 2.05) is 32.9 Å². The minimum atomic E-state index is -0.0938. The Morgan fingerprint density at radius 3 is 2.58 bits per heavy atom. The van der Waals surface area contributed by atoms with Crippen LogP contribution in [0.15, 0.2) is 17.8 Å². The number of nitrogens with one attached hydrogen (secondary N) is 1. The van der Waals surface area contributed by atoms with Gasteiger partial charge in [0.25, 0.3) is 5.91 Å². The van der Waals surface area contributed by atoms with E-state index in [-0.39, 0.29) is 5.91 Å². The van der Waals surface area contributed by atoms with Crippen molar-refractivity contribution in [2.75, 3.05) is 19.8 Å². The van der Waals surface area contributed by atoms with Crippen LogP contribution < -0.4 is 14.8 Å². The van der Waals surface area contributed by atoms with Crippen LogP contribution in [0.3, 0.4) is 0 Å². The van der Waals surface area contributed by atoms with E-state index >= 15 is 0 Å². The number of ether oxygens (including phenoxy) is 2. The van der Waals surface area contributed by atoms with Crippen molar-refractivity contribution in [2.24, 2.45) is 0 Å². The highest BCUT2D eigenvalue weighted by Gasteiger charge is 2.29. The van der Waals surface area contributed by atoms with Gasteiger partial charge in [-0.3, -0.25) is 9.69 Å². The van der Waals surface area contributed by atoms with Gasteiger partial charge in [-0.1, -0.05) is 6.92 Å². The van der Waals surface area contributed by atoms with Crippen LogP contribution in [0, 0.1) is 3.57 Å². The Morgan fingerprint density at radius 1 is 1.25 bits per heavy atom. The Kier molecular flexibility index (Phi) is 6.85. The summed E-state index contributed by atoms with van der Waals surface area (Å²) in [5, 5.41) is 3.45. The molecule has 0 radical (unpaired) electrons. The average molecular weight is 460 g/mol. The minimum absolute atomic E-state index is 0.0938. The van der Waals surface area contributed by atoms with Crippen molar-refractivity contribution in [3.8, 4) is 11.5 Å². The molecule has 5 nitrogen and oxygen atoms in total. The van der Waals surface area contributed by atoms with Gasteiger partial charge in [-0.05, 0) is 78.8 Å². The quantitative estimate of drug-likeness (QED) is 0.383. The molecule has 0 atom stereocenters. The van der Waals surface area contributed by atoms with Crippen LogP contribution in [0.5, 0.6) is 11.5 Å². The topological polar surface area (TPSA) is 50.8 Å². The number of nitrogens with zero attached hydrogens (tertiary/aromatic N) is 1. The van der Waals surface area contributed by atoms with Gasteiger partial charge in [0.1, 0.15) is 5.70 Å². The number of amides is 1. The second kappa shape index (κ2) is 8.66. The Hall–Kier alpha value is -1.35. The van der Waals surface area contributed by atoms with E-state index < -0.39 is 0 Å². The number of hydrogen-bond donors (Lipinski definition) is 1. The van der Waals surface area contributed by atoms with Crippen molar-refractivity contribution in [1.82, 2.24) is 10.2 Å². The molecule has 1 aliphatic rings. The maximum Gasteiger partial charge on any atom is 0.276 e. The first-order valence-electron chi connectivity index (χ1n) is 7.95. The number of thiocarbonyl (C=S) groups is 1. The number of halogens is 1. The van der Waals surface area contributed by atoms with Gasteiger partial charge in [0, 0.05) is 6.54 Å². The summed E-state index contributed by atoms with van der Waals surface area (Å²) in [7, 11) is 0. The zero-order valence-electron chi connectivity index (χ0n) is 14.0. The highest BCUT2D eigenvalue weighted by atomic mass is 127. The van der Waals surface area contributed by atoms with Crippen LogP contribution in [0.2, 0.25) is 0 Å². The SMILES string of the molecule is CCCN1C(=O)/C(=C/c2cc(I)c(OCC)c(OCC)c2)NC1=S. The molecule has 1 aromatic carbocycles. The van der Waals surface area contributed by atoms with E-state index in [2.05, 4.69) is 27.9 Å². The molecule has 1 saturated heterocycles. The molecule has 1 aliphatic heterocycles. The van der Waals surface area contributed by atoms with Crippen molar-refractivity contribution < 1.29 is 14.3 Å². The summed E-state index contributed by atoms with van der Waals surface area (Å²) < 4.78 is 12.3. The number of rotatable bonds is 7. The first kappa shape index (κ1) is 19.0. The molecule has 1 N–H and O–H groups in total. The Morgan fingerprint density at radius 2 is 1.96 bits per heavy atom. The lowest BCUT2D eigenvalue weighted by molar-refractivity contribution is -0.122. The molecule has 0 aromatic heterocycles. The lowest BCUT2D eigenvalue weighted by Crippen LogP contribution is -2.31. The molecule has 1 fully saturated rings. The van der Waals surface area contributed by atoms with E-state index in [0.29, 0.717) is 36.3 Å². The summed E-state index contributed by atoms with van der Waals surface area (Å²) in [6.07, 6.45) is 2.65. The van der Waals surface area contributed by atoms with E-state index in [4.69, 9.17) is 21.7 Å². The molecule has 0 aliphatic carbocycles. The Bertz CT molecular complexity index is 676. The Balaban J connectivity index is 2.36. The van der Waals surface area contributed by atoms with Crippen LogP contribution >= 0.6 is 34.8 Å². The molecule has 0 unspecified atom stereocenters. The third kappa shape index (κ3) is 4.18. The summed E-state index contributed by atoms with van der Waals surface area (Å²) in [6.45, 7) is 7.61. The van der Waals surface area contributed by atoms with Crippen molar-refractivity contribution in [3.05, 3.63) is 27.0 Å². The third-order valence-electron chi connectivity index (χ3n) is 3.34. The van der Waals surface area contributed by atoms with E-state index in [0.717, 1.165) is 21.3 Å². The summed E-state index contributed by atoms with van der Waals surface area (Å²) >= 11 is 7.44. The van der Waals surface area contributed by atoms with Gasteiger partial charge in [-0.25, -0.2) is 0 Å². The van der Waals surface area contributed by atoms with E-state index in [1.165, 1.54) is 0 Å². The van der Waals surface area contributed by atoms with Gasteiger partial charge < -0.3 is 14.8 Å². The second-order valence-electron chi connectivity index (χ2n) is 5.14. The van der Waals surface area contributed by atoms with Crippen LogP contribution in [0.1, 0.15) is 32.8 Å². The minimum Gasteiger partial charge on any atom is -0.490 e. The van der Waals surface area contributed by atoms with Crippen molar-refractivity contribution in [3.63, 3.8) is 0 Å². The van der Waals surface area contributed by atoms with E-state index in [1.54, 1.807) is 11.0 Å². The van der Waals surface area contributed by atoms with Gasteiger partial charge >= 0.3 is 0 Å². The fourth-order valence-electron chi connectivity index (χ4n) is 2.38. The monoisotopic (exact) mass is 460 g/mol. The summed E-state index contributed by atoms with van der Waals surface area (Å²) in [4.78, 5) is 14.0. The van der Waals surface area contributed by atoms with Crippen molar-refractivity contribution >= 4 is 51.9 Å². The molecule has 1 aromatic rings. The number of carbonyl (C=O) groups excluding carboxylic acids is 1. The molecular formula is C17H21IN2O3S. The van der Waals surface area contributed by atoms with Gasteiger partial charge in [-0.15, -0.1) is 0 Å². The third-order valence-corrected chi connectivity index (χ3v) is 4.46. The summed E-state index contributed by atoms with van der Waals surface area (Å²) in [5.41, 5.74) is 1.35. The number of carbonyl (C=O) groups is 1. The molecule has 0 saturated carbocycles. The first-order chi connectivity index (χ1) is 11.5. The summed E-state index contributed by atoms with van der Waals surface area (Å²) in [6, 6.07) is 3.84. The average Bonchev–Trinajstić information content (AvgIpc) is 2.79. The molecule has 1 heterocycles. The Labute approximate surface area is 161 Å². The first-order valence-corrected chi connectivity index (χ1v) is 9.44. The van der Waals surface area contributed by atoms with Crippen LogP contribution in [-0.2, 0) is 4.79 Å². The molecule has 1 amide bonds. The normalized spacial score (nSPS) is 15.8. The van der Waals surface area contributed by atoms with Gasteiger partial charge in [-0.2, -0.15) is 0 Å². The number of hydrogen-bond acceptors (Lipinski definition) is 4. The maximum absolute atomic E-state index is 12.4. The second-order valence-corrected chi connectivity index (χ2v) is 6.69. The highest BCUT2D eigenvalue weighted by Crippen LogP contribution is 2.35. The molecule has 2 rings (SSSR count). The predicted molar refractivity (Wildman–Crippen MR) is 107 cm³/mol. The zero-order chi connectivity index (χ0) is 17.7. The molecule has 7 heteroatoms. The number of benzene rings is 1. The lowest BCUT2D eigenvalue weighted by atomic mass is 10.1. The molecule has 24 heavy (non-hydrogen) atoms. The highest BCUT2D eigenvalue weighted by molar-refractivity contribution is 14.1. The standard InChI is InChI=1S/C17H21IN2O3S/c1-4-7-20-16(21)13(19-17(20)24)9-11-8-12(18)15(23-6-3)14(10-11)22-5-2/h8-10H,4-7H2,1-3H3,(H,19,24)/b13-9-. The van der Waals surface area contributed by atoms with Gasteiger partial charge in [0.05, 0.1) is 16.8 Å². The van der Waals surface area contributed by atoms with Crippen LogP contribution in [-0.4, -0.2) is 35.7 Å². The smallest absolute Gasteiger partial charge is 0.276 e.